The second-order valence-corrected chi connectivity index (χ2v) is 9.79. The number of amides is 1. The van der Waals surface area contributed by atoms with Crippen LogP contribution in [0.5, 0.6) is 0 Å². The summed E-state index contributed by atoms with van der Waals surface area (Å²) in [5, 5.41) is 4.18. The number of sulfone groups is 1. The highest BCUT2D eigenvalue weighted by atomic mass is 32.2. The van der Waals surface area contributed by atoms with Crippen molar-refractivity contribution in [3.05, 3.63) is 17.0 Å². The van der Waals surface area contributed by atoms with Crippen LogP contribution in [0.4, 0.5) is 4.79 Å². The highest BCUT2D eigenvalue weighted by molar-refractivity contribution is 7.93. The molecule has 0 aromatic carbocycles. The molecule has 2 aromatic heterocycles. The molecule has 0 bridgehead atoms. The molecule has 0 radical (unpaired) electrons. The van der Waals surface area contributed by atoms with Gasteiger partial charge in [-0.25, -0.2) is 23.2 Å². The van der Waals surface area contributed by atoms with Crippen LogP contribution in [-0.4, -0.2) is 52.2 Å². The molecule has 0 N–H and O–H groups in total. The second kappa shape index (κ2) is 6.83. The largest absolute Gasteiger partial charge is 0.346 e. The highest BCUT2D eigenvalue weighted by Crippen LogP contribution is 2.35. The molecule has 25 heavy (non-hydrogen) atoms. The predicted molar refractivity (Wildman–Crippen MR) is 94.7 cm³/mol. The average Bonchev–Trinajstić information content (AvgIpc) is 3.15. The second-order valence-electron chi connectivity index (χ2n) is 6.55. The number of carbonyl (C=O) groups is 1. The maximum atomic E-state index is 13.0. The molecular weight excluding hydrogens is 362 g/mol. The van der Waals surface area contributed by atoms with E-state index in [2.05, 4.69) is 15.1 Å². The van der Waals surface area contributed by atoms with E-state index in [1.165, 1.54) is 4.90 Å². The fourth-order valence-electron chi connectivity index (χ4n) is 2.25. The number of aryl methyl sites for hydroxylation is 1. The Bertz CT molecular complexity index is 873. The van der Waals surface area contributed by atoms with Crippen molar-refractivity contribution in [3.8, 4) is 0 Å². The Hall–Kier alpha value is -1.81. The molecule has 2 heterocycles. The van der Waals surface area contributed by atoms with Crippen LogP contribution in [0.3, 0.4) is 0 Å². The third-order valence-corrected chi connectivity index (χ3v) is 6.62. The normalized spacial score (nSPS) is 12.4. The fourth-order valence-corrected chi connectivity index (χ4v) is 5.28. The van der Waals surface area contributed by atoms with E-state index in [-0.39, 0.29) is 9.37 Å². The zero-order valence-electron chi connectivity index (χ0n) is 15.3. The van der Waals surface area contributed by atoms with E-state index in [1.807, 2.05) is 34.6 Å². The Labute approximate surface area is 151 Å². The smallest absolute Gasteiger partial charge is 0.323 e. The Morgan fingerprint density at radius 1 is 1.28 bits per heavy atom. The number of aromatic nitrogens is 4. The first kappa shape index (κ1) is 19.5. The maximum Gasteiger partial charge on any atom is 0.346 e. The topological polar surface area (TPSA) is 98.1 Å². The van der Waals surface area contributed by atoms with Crippen molar-refractivity contribution >= 4 is 27.2 Å². The molecule has 0 aliphatic rings. The van der Waals surface area contributed by atoms with Gasteiger partial charge in [0.1, 0.15) is 6.33 Å². The molecule has 0 unspecified atom stereocenters. The lowest BCUT2D eigenvalue weighted by atomic mass is 9.93. The minimum absolute atomic E-state index is 0.130. The lowest BCUT2D eigenvalue weighted by Crippen LogP contribution is -2.34. The Morgan fingerprint density at radius 2 is 1.88 bits per heavy atom. The Morgan fingerprint density at radius 3 is 2.40 bits per heavy atom. The van der Waals surface area contributed by atoms with Crippen molar-refractivity contribution < 1.29 is 13.2 Å². The van der Waals surface area contributed by atoms with Gasteiger partial charge in [-0.15, -0.1) is 16.4 Å². The van der Waals surface area contributed by atoms with Gasteiger partial charge in [0, 0.05) is 18.5 Å². The number of thiazole rings is 1. The molecule has 0 saturated heterocycles. The number of rotatable bonds is 4. The number of hydrogen-bond donors (Lipinski definition) is 0. The summed E-state index contributed by atoms with van der Waals surface area (Å²) in [5.41, 5.74) is 0.0497. The molecule has 0 spiro atoms. The molecule has 0 fully saturated rings. The summed E-state index contributed by atoms with van der Waals surface area (Å²) in [7, 11) is -3.94. The molecule has 1 amide bonds. The first-order valence-corrected chi connectivity index (χ1v) is 10.3. The third-order valence-electron chi connectivity index (χ3n) is 3.60. The van der Waals surface area contributed by atoms with Crippen LogP contribution in [0, 0.1) is 6.92 Å². The van der Waals surface area contributed by atoms with Gasteiger partial charge >= 0.3 is 6.03 Å². The van der Waals surface area contributed by atoms with Gasteiger partial charge in [-0.1, -0.05) is 20.8 Å². The van der Waals surface area contributed by atoms with Crippen molar-refractivity contribution in [1.29, 1.82) is 0 Å². The first-order chi connectivity index (χ1) is 11.5. The SMILES string of the molecule is CCN(CC)C(=O)n1cnc(S(=O)(=O)c2sc(C)nc2C(C)(C)C)n1. The van der Waals surface area contributed by atoms with Crippen molar-refractivity contribution in [1.82, 2.24) is 24.6 Å². The Kier molecular flexibility index (Phi) is 5.33. The molecule has 0 aliphatic carbocycles. The van der Waals surface area contributed by atoms with Gasteiger partial charge in [-0.3, -0.25) is 0 Å². The summed E-state index contributed by atoms with van der Waals surface area (Å²) in [6, 6.07) is -0.407. The minimum atomic E-state index is -3.94. The first-order valence-electron chi connectivity index (χ1n) is 7.96. The van der Waals surface area contributed by atoms with Gasteiger partial charge < -0.3 is 4.90 Å². The minimum Gasteiger partial charge on any atom is -0.323 e. The van der Waals surface area contributed by atoms with Crippen LogP contribution in [0.1, 0.15) is 45.3 Å². The van der Waals surface area contributed by atoms with E-state index in [4.69, 9.17) is 0 Å². The maximum absolute atomic E-state index is 13.0. The van der Waals surface area contributed by atoms with Gasteiger partial charge in [-0.05, 0) is 20.8 Å². The standard InChI is InChI=1S/C15H23N5O3S2/c1-7-19(8-2)14(21)20-9-16-13(18-20)25(22,23)12-11(15(4,5)6)17-10(3)24-12/h9H,7-8H2,1-6H3. The average molecular weight is 386 g/mol. The zero-order valence-corrected chi connectivity index (χ0v) is 16.9. The van der Waals surface area contributed by atoms with Gasteiger partial charge in [0.15, 0.2) is 4.21 Å². The van der Waals surface area contributed by atoms with Crippen LogP contribution in [0.15, 0.2) is 15.7 Å². The van der Waals surface area contributed by atoms with Crippen molar-refractivity contribution in [2.24, 2.45) is 0 Å². The van der Waals surface area contributed by atoms with Crippen LogP contribution < -0.4 is 0 Å². The van der Waals surface area contributed by atoms with E-state index in [0.717, 1.165) is 22.3 Å². The molecule has 0 atom stereocenters. The monoisotopic (exact) mass is 385 g/mol. The van der Waals surface area contributed by atoms with E-state index >= 15 is 0 Å². The van der Waals surface area contributed by atoms with E-state index in [0.29, 0.717) is 23.8 Å². The van der Waals surface area contributed by atoms with E-state index in [9.17, 15) is 13.2 Å². The molecule has 8 nitrogen and oxygen atoms in total. The summed E-state index contributed by atoms with van der Waals surface area (Å²) in [5.74, 6) is 0. The third kappa shape index (κ3) is 3.74. The number of nitrogens with zero attached hydrogens (tertiary/aromatic N) is 5. The highest BCUT2D eigenvalue weighted by Gasteiger charge is 2.34. The summed E-state index contributed by atoms with van der Waals surface area (Å²) >= 11 is 1.09. The lowest BCUT2D eigenvalue weighted by molar-refractivity contribution is 0.201. The van der Waals surface area contributed by atoms with E-state index in [1.54, 1.807) is 6.92 Å². The van der Waals surface area contributed by atoms with Crippen molar-refractivity contribution in [3.63, 3.8) is 0 Å². The molecule has 2 aromatic rings. The summed E-state index contributed by atoms with van der Waals surface area (Å²) in [4.78, 5) is 22.1. The number of carbonyl (C=O) groups excluding carboxylic acids is 1. The zero-order chi connectivity index (χ0) is 19.0. The quantitative estimate of drug-likeness (QED) is 0.802. The molecule has 0 aliphatic heterocycles. The van der Waals surface area contributed by atoms with Crippen LogP contribution >= 0.6 is 11.3 Å². The summed E-state index contributed by atoms with van der Waals surface area (Å²) in [6.07, 6.45) is 1.14. The predicted octanol–water partition coefficient (Wildman–Crippen LogP) is 2.48. The molecule has 10 heteroatoms. The van der Waals surface area contributed by atoms with E-state index < -0.39 is 21.3 Å². The van der Waals surface area contributed by atoms with Crippen LogP contribution in [0.2, 0.25) is 0 Å². The fraction of sp³-hybridized carbons (Fsp3) is 0.600. The summed E-state index contributed by atoms with van der Waals surface area (Å²) < 4.78 is 27.0. The van der Waals surface area contributed by atoms with Gasteiger partial charge in [0.25, 0.3) is 15.0 Å². The van der Waals surface area contributed by atoms with Gasteiger partial charge in [0.2, 0.25) is 0 Å². The lowest BCUT2D eigenvalue weighted by Gasteiger charge is -2.17. The molecule has 2 rings (SSSR count). The molecular formula is C15H23N5O3S2. The summed E-state index contributed by atoms with van der Waals surface area (Å²) in [6.45, 7) is 12.1. The van der Waals surface area contributed by atoms with Gasteiger partial charge in [-0.2, -0.15) is 4.68 Å². The number of hydrogen-bond acceptors (Lipinski definition) is 7. The van der Waals surface area contributed by atoms with Gasteiger partial charge in [0.05, 0.1) is 10.7 Å². The Balaban J connectivity index is 2.48. The van der Waals surface area contributed by atoms with Crippen LogP contribution in [-0.2, 0) is 15.3 Å². The molecule has 0 saturated carbocycles. The van der Waals surface area contributed by atoms with Crippen molar-refractivity contribution in [2.75, 3.05) is 13.1 Å². The molecule has 138 valence electrons. The van der Waals surface area contributed by atoms with Crippen LogP contribution in [0.25, 0.3) is 0 Å². The van der Waals surface area contributed by atoms with Crippen molar-refractivity contribution in [2.45, 2.75) is 56.3 Å².